The Morgan fingerprint density at radius 2 is 1.66 bits per heavy atom. The molecule has 3 N–H and O–H groups in total. The highest BCUT2D eigenvalue weighted by atomic mass is 32.2. The number of nitrogens with one attached hydrogen (secondary N) is 1. The Morgan fingerprint density at radius 3 is 2.34 bits per heavy atom. The highest BCUT2D eigenvalue weighted by Gasteiger charge is 2.15. The molecule has 0 aliphatic carbocycles. The molecule has 0 aliphatic heterocycles. The molecule has 32 heavy (non-hydrogen) atoms. The van der Waals surface area contributed by atoms with E-state index in [1.807, 2.05) is 13.0 Å². The fraction of sp³-hybridized carbons (Fsp3) is 0.130. The normalized spacial score (nSPS) is 10.9. The Morgan fingerprint density at radius 1 is 0.938 bits per heavy atom. The Balaban J connectivity index is 1.56. The highest BCUT2D eigenvalue weighted by Crippen LogP contribution is 2.18. The van der Waals surface area contributed by atoms with E-state index in [4.69, 9.17) is 14.6 Å². The maximum Gasteiger partial charge on any atom is 0.340 e. The van der Waals surface area contributed by atoms with Crippen LogP contribution in [-0.2, 0) is 14.8 Å². The van der Waals surface area contributed by atoms with Gasteiger partial charge in [-0.1, -0.05) is 29.8 Å². The number of carbonyl (C=O) groups is 2. The predicted molar refractivity (Wildman–Crippen MR) is 119 cm³/mol. The molecule has 0 aliphatic rings. The average molecular weight is 455 g/mol. The number of sulfonamides is 1. The number of amides is 1. The number of hydrogen-bond donors (Lipinski definition) is 2. The second-order valence-electron chi connectivity index (χ2n) is 6.87. The van der Waals surface area contributed by atoms with E-state index in [1.54, 1.807) is 42.5 Å². The van der Waals surface area contributed by atoms with Crippen molar-refractivity contribution in [3.05, 3.63) is 89.5 Å². The van der Waals surface area contributed by atoms with Crippen LogP contribution in [0.25, 0.3) is 0 Å². The van der Waals surface area contributed by atoms with E-state index in [0.29, 0.717) is 17.0 Å². The summed E-state index contributed by atoms with van der Waals surface area (Å²) in [5.74, 6) is -0.544. The molecule has 0 saturated heterocycles. The van der Waals surface area contributed by atoms with Crippen molar-refractivity contribution in [3.63, 3.8) is 0 Å². The van der Waals surface area contributed by atoms with Crippen LogP contribution in [0.2, 0.25) is 0 Å². The number of ether oxygens (including phenoxy) is 2. The first-order chi connectivity index (χ1) is 15.2. The lowest BCUT2D eigenvalue weighted by atomic mass is 10.1. The molecule has 166 valence electrons. The van der Waals surface area contributed by atoms with E-state index in [0.717, 1.165) is 5.56 Å². The SMILES string of the molecule is Cc1cccc(C(=O)Nc2ccccc2C(=O)OCCOc2ccc(S(N)(=O)=O)cc2)c1. The van der Waals surface area contributed by atoms with Gasteiger partial charge >= 0.3 is 5.97 Å². The van der Waals surface area contributed by atoms with Gasteiger partial charge in [0.2, 0.25) is 10.0 Å². The molecular weight excluding hydrogens is 432 g/mol. The molecule has 0 bridgehead atoms. The lowest BCUT2D eigenvalue weighted by Crippen LogP contribution is -2.17. The standard InChI is InChI=1S/C23H22N2O6S/c1-16-5-4-6-17(15-16)22(26)25-21-8-3-2-7-20(21)23(27)31-14-13-30-18-9-11-19(12-10-18)32(24,28)29/h2-12,15H,13-14H2,1H3,(H,25,26)(H2,24,28,29). The Kier molecular flexibility index (Phi) is 7.24. The number of hydrogen-bond acceptors (Lipinski definition) is 6. The van der Waals surface area contributed by atoms with Gasteiger partial charge in [-0.15, -0.1) is 0 Å². The van der Waals surface area contributed by atoms with Gasteiger partial charge in [0.15, 0.2) is 0 Å². The van der Waals surface area contributed by atoms with Crippen molar-refractivity contribution < 1.29 is 27.5 Å². The zero-order valence-corrected chi connectivity index (χ0v) is 18.1. The lowest BCUT2D eigenvalue weighted by molar-refractivity contribution is 0.0451. The lowest BCUT2D eigenvalue weighted by Gasteiger charge is -2.12. The maximum atomic E-state index is 12.5. The summed E-state index contributed by atoms with van der Waals surface area (Å²) in [5, 5.41) is 7.78. The monoisotopic (exact) mass is 454 g/mol. The molecule has 3 aromatic rings. The van der Waals surface area contributed by atoms with Crippen molar-refractivity contribution >= 4 is 27.6 Å². The number of primary sulfonamides is 1. The van der Waals surface area contributed by atoms with E-state index in [1.165, 1.54) is 24.3 Å². The first-order valence-corrected chi connectivity index (χ1v) is 11.2. The average Bonchev–Trinajstić information content (AvgIpc) is 2.76. The predicted octanol–water partition coefficient (Wildman–Crippen LogP) is 3.13. The number of rotatable bonds is 8. The van der Waals surface area contributed by atoms with Gasteiger partial charge in [-0.05, 0) is 55.5 Å². The third-order valence-corrected chi connectivity index (χ3v) is 5.34. The van der Waals surface area contributed by atoms with E-state index in [9.17, 15) is 18.0 Å². The Bertz CT molecular complexity index is 1220. The summed E-state index contributed by atoms with van der Waals surface area (Å²) in [6, 6.07) is 19.2. The molecule has 9 heteroatoms. The second kappa shape index (κ2) is 10.1. The van der Waals surface area contributed by atoms with Crippen molar-refractivity contribution in [2.24, 2.45) is 5.14 Å². The zero-order chi connectivity index (χ0) is 23.1. The summed E-state index contributed by atoms with van der Waals surface area (Å²) in [4.78, 5) is 25.0. The summed E-state index contributed by atoms with van der Waals surface area (Å²) >= 11 is 0. The van der Waals surface area contributed by atoms with Crippen molar-refractivity contribution in [1.29, 1.82) is 0 Å². The second-order valence-corrected chi connectivity index (χ2v) is 8.43. The van der Waals surface area contributed by atoms with Crippen LogP contribution in [0.15, 0.2) is 77.7 Å². The van der Waals surface area contributed by atoms with Gasteiger partial charge < -0.3 is 14.8 Å². The molecule has 0 unspecified atom stereocenters. The minimum Gasteiger partial charge on any atom is -0.490 e. The summed E-state index contributed by atoms with van der Waals surface area (Å²) in [6.07, 6.45) is 0. The van der Waals surface area contributed by atoms with Crippen LogP contribution in [0.5, 0.6) is 5.75 Å². The quantitative estimate of drug-likeness (QED) is 0.398. The number of benzene rings is 3. The van der Waals surface area contributed by atoms with Crippen LogP contribution >= 0.6 is 0 Å². The molecule has 0 spiro atoms. The van der Waals surface area contributed by atoms with Crippen LogP contribution in [-0.4, -0.2) is 33.5 Å². The summed E-state index contributed by atoms with van der Waals surface area (Å²) in [5.41, 5.74) is 1.98. The van der Waals surface area contributed by atoms with Gasteiger partial charge in [0.1, 0.15) is 19.0 Å². The van der Waals surface area contributed by atoms with E-state index >= 15 is 0 Å². The number of para-hydroxylation sites is 1. The summed E-state index contributed by atoms with van der Waals surface area (Å²) in [6.45, 7) is 1.90. The Hall–Kier alpha value is -3.69. The van der Waals surface area contributed by atoms with Crippen LogP contribution in [0.3, 0.4) is 0 Å². The molecule has 0 saturated carbocycles. The van der Waals surface area contributed by atoms with Crippen LogP contribution in [0.4, 0.5) is 5.69 Å². The molecule has 0 radical (unpaired) electrons. The van der Waals surface area contributed by atoms with Gasteiger partial charge in [-0.3, -0.25) is 4.79 Å². The third-order valence-electron chi connectivity index (χ3n) is 4.41. The largest absolute Gasteiger partial charge is 0.490 e. The van der Waals surface area contributed by atoms with E-state index in [-0.39, 0.29) is 29.6 Å². The fourth-order valence-electron chi connectivity index (χ4n) is 2.85. The first kappa shape index (κ1) is 23.0. The van der Waals surface area contributed by atoms with Crippen molar-refractivity contribution in [3.8, 4) is 5.75 Å². The van der Waals surface area contributed by atoms with Gasteiger partial charge in [-0.2, -0.15) is 0 Å². The smallest absolute Gasteiger partial charge is 0.340 e. The molecule has 0 aromatic heterocycles. The van der Waals surface area contributed by atoms with Gasteiger partial charge in [0.05, 0.1) is 16.1 Å². The zero-order valence-electron chi connectivity index (χ0n) is 17.3. The van der Waals surface area contributed by atoms with Gasteiger partial charge in [0, 0.05) is 5.56 Å². The summed E-state index contributed by atoms with van der Waals surface area (Å²) in [7, 11) is -3.77. The minimum absolute atomic E-state index is 0.0272. The van der Waals surface area contributed by atoms with Crippen LogP contribution < -0.4 is 15.2 Å². The fourth-order valence-corrected chi connectivity index (χ4v) is 3.36. The van der Waals surface area contributed by atoms with Gasteiger partial charge in [0.25, 0.3) is 5.91 Å². The highest BCUT2D eigenvalue weighted by molar-refractivity contribution is 7.89. The van der Waals surface area contributed by atoms with Crippen LogP contribution in [0, 0.1) is 6.92 Å². The molecule has 3 rings (SSSR count). The Labute approximate surface area is 186 Å². The van der Waals surface area contributed by atoms with Gasteiger partial charge in [-0.25, -0.2) is 18.4 Å². The number of esters is 1. The number of carbonyl (C=O) groups excluding carboxylic acids is 2. The van der Waals surface area contributed by atoms with Crippen LogP contribution in [0.1, 0.15) is 26.3 Å². The van der Waals surface area contributed by atoms with E-state index < -0.39 is 16.0 Å². The minimum atomic E-state index is -3.77. The molecule has 8 nitrogen and oxygen atoms in total. The summed E-state index contributed by atoms with van der Waals surface area (Å²) < 4.78 is 33.2. The molecular formula is C23H22N2O6S. The van der Waals surface area contributed by atoms with E-state index in [2.05, 4.69) is 5.32 Å². The third kappa shape index (κ3) is 6.16. The molecule has 3 aromatic carbocycles. The van der Waals surface area contributed by atoms with Crippen molar-refractivity contribution in [2.45, 2.75) is 11.8 Å². The number of aryl methyl sites for hydroxylation is 1. The molecule has 1 amide bonds. The molecule has 0 heterocycles. The van der Waals surface area contributed by atoms with Crippen molar-refractivity contribution in [1.82, 2.24) is 0 Å². The van der Waals surface area contributed by atoms with Crippen molar-refractivity contribution in [2.75, 3.05) is 18.5 Å². The topological polar surface area (TPSA) is 125 Å². The maximum absolute atomic E-state index is 12.5. The molecule has 0 fully saturated rings. The first-order valence-electron chi connectivity index (χ1n) is 9.64. The number of nitrogens with two attached hydrogens (primary N) is 1. The number of anilines is 1. The molecule has 0 atom stereocenters.